The summed E-state index contributed by atoms with van der Waals surface area (Å²) in [5.41, 5.74) is 0. The normalized spacial score (nSPS) is 12.3. The Labute approximate surface area is 467 Å². The maximum atomic E-state index is 12.9. The number of unbranched alkanes of at least 4 members (excludes halogenated alkanes) is 42. The molecule has 0 radical (unpaired) electrons. The molecule has 0 bridgehead atoms. The summed E-state index contributed by atoms with van der Waals surface area (Å²) < 4.78 is 16.9. The molecule has 0 saturated heterocycles. The van der Waals surface area contributed by atoms with Crippen molar-refractivity contribution >= 4 is 17.9 Å². The van der Waals surface area contributed by atoms with Gasteiger partial charge in [-0.3, -0.25) is 14.4 Å². The standard InChI is InChI=1S/C69H126O6/c1-4-7-10-13-16-19-21-23-25-27-29-30-31-32-33-34-35-36-37-38-40-41-43-45-47-50-53-56-59-62-68(71)74-65-66(64-73-67(70)61-58-55-52-49-18-15-12-9-6-3)75-69(72)63-60-57-54-51-48-46-44-42-39-28-26-24-22-20-17-14-11-8-5-2/h17,20-21,23-24,26-27,29,66H,4-16,18-19,22,25,28,30-65H2,1-3H3/b20-17-,23-21-,26-24-,29-27-. The van der Waals surface area contributed by atoms with E-state index in [1.165, 1.54) is 244 Å². The zero-order chi connectivity index (χ0) is 54.3. The van der Waals surface area contributed by atoms with E-state index in [0.717, 1.165) is 70.6 Å². The molecule has 0 aromatic carbocycles. The fraction of sp³-hybridized carbons (Fsp3) is 0.841. The Morgan fingerprint density at radius 2 is 0.480 bits per heavy atom. The number of carbonyl (C=O) groups excluding carboxylic acids is 3. The number of ether oxygens (including phenoxy) is 3. The first-order valence-electron chi connectivity index (χ1n) is 33.1. The number of rotatable bonds is 61. The van der Waals surface area contributed by atoms with Gasteiger partial charge in [0, 0.05) is 19.3 Å². The van der Waals surface area contributed by atoms with Crippen molar-refractivity contribution in [2.24, 2.45) is 0 Å². The van der Waals surface area contributed by atoms with Crippen LogP contribution in [0.1, 0.15) is 355 Å². The molecule has 0 heterocycles. The molecule has 0 fully saturated rings. The first-order chi connectivity index (χ1) is 37.0. The van der Waals surface area contributed by atoms with Crippen LogP contribution >= 0.6 is 0 Å². The second kappa shape index (κ2) is 63.9. The number of carbonyl (C=O) groups is 3. The van der Waals surface area contributed by atoms with Crippen molar-refractivity contribution in [2.75, 3.05) is 13.2 Å². The van der Waals surface area contributed by atoms with Crippen LogP contribution in [-0.2, 0) is 28.6 Å². The van der Waals surface area contributed by atoms with Crippen molar-refractivity contribution in [3.05, 3.63) is 48.6 Å². The van der Waals surface area contributed by atoms with Crippen LogP contribution in [0, 0.1) is 0 Å². The zero-order valence-corrected chi connectivity index (χ0v) is 50.3. The summed E-state index contributed by atoms with van der Waals surface area (Å²) in [7, 11) is 0. The van der Waals surface area contributed by atoms with E-state index in [1.54, 1.807) is 0 Å². The van der Waals surface area contributed by atoms with E-state index < -0.39 is 6.10 Å². The van der Waals surface area contributed by atoms with Gasteiger partial charge in [-0.25, -0.2) is 0 Å². The van der Waals surface area contributed by atoms with Crippen molar-refractivity contribution < 1.29 is 28.6 Å². The largest absolute Gasteiger partial charge is 0.462 e. The molecular formula is C69H126O6. The Bertz CT molecular complexity index is 1300. The van der Waals surface area contributed by atoms with Gasteiger partial charge in [-0.15, -0.1) is 0 Å². The van der Waals surface area contributed by atoms with Gasteiger partial charge in [-0.05, 0) is 83.5 Å². The highest BCUT2D eigenvalue weighted by molar-refractivity contribution is 5.71. The van der Waals surface area contributed by atoms with Crippen LogP contribution in [0.25, 0.3) is 0 Å². The first kappa shape index (κ1) is 72.4. The van der Waals surface area contributed by atoms with Gasteiger partial charge in [0.2, 0.25) is 0 Å². The third-order valence-electron chi connectivity index (χ3n) is 14.8. The molecule has 0 spiro atoms. The molecule has 0 N–H and O–H groups in total. The van der Waals surface area contributed by atoms with Crippen molar-refractivity contribution in [3.63, 3.8) is 0 Å². The molecule has 0 aromatic heterocycles. The Morgan fingerprint density at radius 1 is 0.267 bits per heavy atom. The highest BCUT2D eigenvalue weighted by Crippen LogP contribution is 2.17. The predicted octanol–water partition coefficient (Wildman–Crippen LogP) is 22.6. The lowest BCUT2D eigenvalue weighted by atomic mass is 10.0. The van der Waals surface area contributed by atoms with Gasteiger partial charge in [0.05, 0.1) is 0 Å². The maximum absolute atomic E-state index is 12.9. The zero-order valence-electron chi connectivity index (χ0n) is 50.3. The second-order valence-electron chi connectivity index (χ2n) is 22.4. The number of hydrogen-bond acceptors (Lipinski definition) is 6. The van der Waals surface area contributed by atoms with E-state index in [1.807, 2.05) is 0 Å². The van der Waals surface area contributed by atoms with E-state index >= 15 is 0 Å². The van der Waals surface area contributed by atoms with Crippen LogP contribution in [0.4, 0.5) is 0 Å². The van der Waals surface area contributed by atoms with Gasteiger partial charge in [0.15, 0.2) is 6.10 Å². The second-order valence-corrected chi connectivity index (χ2v) is 22.4. The molecule has 0 amide bonds. The summed E-state index contributed by atoms with van der Waals surface area (Å²) in [6, 6.07) is 0. The van der Waals surface area contributed by atoms with Gasteiger partial charge >= 0.3 is 17.9 Å². The van der Waals surface area contributed by atoms with E-state index in [-0.39, 0.29) is 31.1 Å². The lowest BCUT2D eigenvalue weighted by Crippen LogP contribution is -2.30. The number of esters is 3. The predicted molar refractivity (Wildman–Crippen MR) is 325 cm³/mol. The van der Waals surface area contributed by atoms with E-state index in [4.69, 9.17) is 14.2 Å². The highest BCUT2D eigenvalue weighted by Gasteiger charge is 2.19. The minimum atomic E-state index is -0.772. The van der Waals surface area contributed by atoms with E-state index in [9.17, 15) is 14.4 Å². The van der Waals surface area contributed by atoms with Gasteiger partial charge in [0.25, 0.3) is 0 Å². The van der Waals surface area contributed by atoms with E-state index in [2.05, 4.69) is 69.4 Å². The van der Waals surface area contributed by atoms with Crippen LogP contribution in [0.3, 0.4) is 0 Å². The minimum absolute atomic E-state index is 0.0704. The lowest BCUT2D eigenvalue weighted by Gasteiger charge is -2.18. The summed E-state index contributed by atoms with van der Waals surface area (Å²) in [6.07, 6.45) is 80.0. The molecule has 0 aliphatic rings. The molecule has 1 atom stereocenters. The first-order valence-corrected chi connectivity index (χ1v) is 33.1. The average molecular weight is 1050 g/mol. The molecule has 6 heteroatoms. The maximum Gasteiger partial charge on any atom is 0.306 e. The Kier molecular flexibility index (Phi) is 61.7. The molecule has 0 aliphatic heterocycles. The molecule has 0 saturated carbocycles. The van der Waals surface area contributed by atoms with Crippen LogP contribution in [0.2, 0.25) is 0 Å². The average Bonchev–Trinajstić information content (AvgIpc) is 3.41. The quantitative estimate of drug-likeness (QED) is 0.0261. The van der Waals surface area contributed by atoms with E-state index in [0.29, 0.717) is 19.3 Å². The van der Waals surface area contributed by atoms with Crippen molar-refractivity contribution in [1.82, 2.24) is 0 Å². The van der Waals surface area contributed by atoms with Crippen LogP contribution < -0.4 is 0 Å². The smallest absolute Gasteiger partial charge is 0.306 e. The molecule has 0 rings (SSSR count). The number of allylic oxidation sites excluding steroid dienone is 8. The summed E-state index contributed by atoms with van der Waals surface area (Å²) in [6.45, 7) is 6.63. The van der Waals surface area contributed by atoms with Crippen molar-refractivity contribution in [1.29, 1.82) is 0 Å². The van der Waals surface area contributed by atoms with Crippen molar-refractivity contribution in [3.8, 4) is 0 Å². The third kappa shape index (κ3) is 62.1. The van der Waals surface area contributed by atoms with Crippen LogP contribution in [0.15, 0.2) is 48.6 Å². The molecular weight excluding hydrogens is 925 g/mol. The minimum Gasteiger partial charge on any atom is -0.462 e. The lowest BCUT2D eigenvalue weighted by molar-refractivity contribution is -0.167. The SMILES string of the molecule is CCCCC/C=C\C/C=C\CCCCCCCCCCCC(=O)OC(COC(=O)CCCCCCCCCCC)COC(=O)CCCCCCCCCCCCCCCCCCC/C=C\C/C=C\CCCCCCC. The Hall–Kier alpha value is -2.63. The van der Waals surface area contributed by atoms with Gasteiger partial charge < -0.3 is 14.2 Å². The van der Waals surface area contributed by atoms with Crippen LogP contribution in [-0.4, -0.2) is 37.2 Å². The van der Waals surface area contributed by atoms with Gasteiger partial charge in [-0.1, -0.05) is 301 Å². The van der Waals surface area contributed by atoms with Crippen LogP contribution in [0.5, 0.6) is 0 Å². The summed E-state index contributed by atoms with van der Waals surface area (Å²) in [5, 5.41) is 0. The molecule has 0 aromatic rings. The fourth-order valence-corrected chi connectivity index (χ4v) is 9.80. The fourth-order valence-electron chi connectivity index (χ4n) is 9.80. The molecule has 1 unspecified atom stereocenters. The molecule has 6 nitrogen and oxygen atoms in total. The summed E-state index contributed by atoms with van der Waals surface area (Å²) in [4.78, 5) is 38.2. The Balaban J connectivity index is 4.11. The monoisotopic (exact) mass is 1050 g/mol. The summed E-state index contributed by atoms with van der Waals surface area (Å²) >= 11 is 0. The highest BCUT2D eigenvalue weighted by atomic mass is 16.6. The summed E-state index contributed by atoms with van der Waals surface area (Å²) in [5.74, 6) is -0.857. The van der Waals surface area contributed by atoms with Gasteiger partial charge in [-0.2, -0.15) is 0 Å². The van der Waals surface area contributed by atoms with Crippen molar-refractivity contribution in [2.45, 2.75) is 361 Å². The topological polar surface area (TPSA) is 78.9 Å². The van der Waals surface area contributed by atoms with Gasteiger partial charge in [0.1, 0.15) is 13.2 Å². The number of hydrogen-bond donors (Lipinski definition) is 0. The third-order valence-corrected chi connectivity index (χ3v) is 14.8. The molecule has 438 valence electrons. The molecule has 75 heavy (non-hydrogen) atoms. The Morgan fingerprint density at radius 3 is 0.760 bits per heavy atom. The molecule has 0 aliphatic carbocycles.